The molecule has 1 heterocycles. The maximum atomic E-state index is 7.08. The molecule has 0 saturated heterocycles. The smallest absolute Gasteiger partial charge is 0.140 e. The minimum absolute atomic E-state index is 0.442. The Kier molecular flexibility index (Phi) is 6.88. The van der Waals surface area contributed by atoms with Gasteiger partial charge in [0, 0.05) is 16.5 Å². The van der Waals surface area contributed by atoms with E-state index in [1.165, 1.54) is 116 Å². The molecule has 0 saturated carbocycles. The van der Waals surface area contributed by atoms with Gasteiger partial charge in [-0.25, -0.2) is 0 Å². The third kappa shape index (κ3) is 4.38. The fourth-order valence-corrected chi connectivity index (χ4v) is 12.8. The minimum atomic E-state index is -0.559. The van der Waals surface area contributed by atoms with Gasteiger partial charge in [-0.05, 0) is 142 Å². The van der Waals surface area contributed by atoms with Crippen molar-refractivity contribution < 1.29 is 4.74 Å². The summed E-state index contributed by atoms with van der Waals surface area (Å²) in [7, 11) is 0. The van der Waals surface area contributed by atoms with E-state index in [1.54, 1.807) is 0 Å². The average molecular weight is 823 g/mol. The highest BCUT2D eigenvalue weighted by molar-refractivity contribution is 6.05. The lowest BCUT2D eigenvalue weighted by molar-refractivity contribution is 0.442. The van der Waals surface area contributed by atoms with Crippen molar-refractivity contribution in [3.8, 4) is 67.1 Å². The van der Waals surface area contributed by atoms with Crippen molar-refractivity contribution in [1.82, 2.24) is 0 Å². The summed E-state index contributed by atoms with van der Waals surface area (Å²) in [6.07, 6.45) is 0. The molecule has 4 aliphatic rings. The van der Waals surface area contributed by atoms with E-state index in [2.05, 4.69) is 231 Å². The topological polar surface area (TPSA) is 9.23 Å². The van der Waals surface area contributed by atoms with Crippen LogP contribution < -0.4 is 4.74 Å². The molecule has 0 aromatic heterocycles. The van der Waals surface area contributed by atoms with Gasteiger partial charge in [0.05, 0.1) is 10.8 Å². The second-order valence-electron chi connectivity index (χ2n) is 18.2. The Balaban J connectivity index is 0.961. The molecule has 1 atom stereocenters. The number of benzene rings is 11. The summed E-state index contributed by atoms with van der Waals surface area (Å²) >= 11 is 0. The van der Waals surface area contributed by atoms with Crippen LogP contribution in [0.4, 0.5) is 0 Å². The first kappa shape index (κ1) is 35.2. The molecule has 0 fully saturated rings. The Morgan fingerprint density at radius 3 is 1.40 bits per heavy atom. The van der Waals surface area contributed by atoms with Crippen LogP contribution in [-0.4, -0.2) is 0 Å². The fourth-order valence-electron chi connectivity index (χ4n) is 12.8. The van der Waals surface area contributed by atoms with Crippen LogP contribution in [0.15, 0.2) is 231 Å². The van der Waals surface area contributed by atoms with Crippen molar-refractivity contribution in [3.05, 3.63) is 275 Å². The van der Waals surface area contributed by atoms with Crippen LogP contribution in [-0.2, 0) is 10.8 Å². The minimum Gasteiger partial charge on any atom is -0.456 e. The molecule has 1 aliphatic heterocycles. The van der Waals surface area contributed by atoms with Crippen LogP contribution in [0.1, 0.15) is 44.5 Å². The van der Waals surface area contributed by atoms with Gasteiger partial charge in [0.15, 0.2) is 0 Å². The van der Waals surface area contributed by atoms with Crippen molar-refractivity contribution in [2.45, 2.75) is 10.8 Å². The van der Waals surface area contributed by atoms with E-state index in [-0.39, 0.29) is 0 Å². The third-order valence-electron chi connectivity index (χ3n) is 15.3. The highest BCUT2D eigenvalue weighted by Crippen LogP contribution is 2.65. The van der Waals surface area contributed by atoms with E-state index in [0.717, 1.165) is 16.9 Å². The first-order valence-electron chi connectivity index (χ1n) is 22.7. The Hall–Kier alpha value is -8.26. The monoisotopic (exact) mass is 822 g/mol. The van der Waals surface area contributed by atoms with Crippen molar-refractivity contribution in [1.29, 1.82) is 0 Å². The maximum Gasteiger partial charge on any atom is 0.140 e. The molecule has 15 rings (SSSR count). The largest absolute Gasteiger partial charge is 0.456 e. The molecule has 11 aromatic rings. The Morgan fingerprint density at radius 1 is 0.246 bits per heavy atom. The number of para-hydroxylation sites is 1. The maximum absolute atomic E-state index is 7.08. The number of hydrogen-bond acceptors (Lipinski definition) is 1. The van der Waals surface area contributed by atoms with Gasteiger partial charge >= 0.3 is 0 Å². The van der Waals surface area contributed by atoms with Crippen molar-refractivity contribution in [2.75, 3.05) is 0 Å². The van der Waals surface area contributed by atoms with Gasteiger partial charge in [-0.2, -0.15) is 0 Å². The van der Waals surface area contributed by atoms with Crippen LogP contribution in [0.2, 0.25) is 0 Å². The molecule has 2 spiro atoms. The third-order valence-corrected chi connectivity index (χ3v) is 15.3. The second-order valence-corrected chi connectivity index (χ2v) is 18.2. The number of ether oxygens (including phenoxy) is 1. The Labute approximate surface area is 377 Å². The molecule has 0 radical (unpaired) electrons. The summed E-state index contributed by atoms with van der Waals surface area (Å²) in [5, 5.41) is 4.83. The molecule has 11 aromatic carbocycles. The molecular weight excluding hydrogens is 785 g/mol. The molecule has 300 valence electrons. The summed E-state index contributed by atoms with van der Waals surface area (Å²) in [4.78, 5) is 0. The molecule has 65 heavy (non-hydrogen) atoms. The quantitative estimate of drug-likeness (QED) is 0.169. The van der Waals surface area contributed by atoms with Gasteiger partial charge in [-0.15, -0.1) is 0 Å². The normalized spacial score (nSPS) is 16.0. The molecule has 0 amide bonds. The molecule has 0 N–H and O–H groups in total. The number of fused-ring (bicyclic) bond motifs is 22. The Morgan fingerprint density at radius 2 is 0.723 bits per heavy atom. The molecule has 0 bridgehead atoms. The van der Waals surface area contributed by atoms with E-state index < -0.39 is 10.8 Å². The van der Waals surface area contributed by atoms with Gasteiger partial charge in [0.2, 0.25) is 0 Å². The summed E-state index contributed by atoms with van der Waals surface area (Å²) in [6.45, 7) is 0. The molecule has 1 unspecified atom stereocenters. The van der Waals surface area contributed by atoms with Crippen LogP contribution in [0.25, 0.3) is 77.2 Å². The van der Waals surface area contributed by atoms with Crippen LogP contribution in [0.3, 0.4) is 0 Å². The highest BCUT2D eigenvalue weighted by atomic mass is 16.5. The molecular formula is C64H38O. The van der Waals surface area contributed by atoms with Gasteiger partial charge in [-0.1, -0.05) is 194 Å². The summed E-state index contributed by atoms with van der Waals surface area (Å²) < 4.78 is 7.08. The fraction of sp³-hybridized carbons (Fsp3) is 0.0312. The Bertz CT molecular complexity index is 3840. The zero-order valence-corrected chi connectivity index (χ0v) is 35.3. The van der Waals surface area contributed by atoms with Gasteiger partial charge < -0.3 is 4.74 Å². The van der Waals surface area contributed by atoms with Gasteiger partial charge in [-0.3, -0.25) is 0 Å². The predicted molar refractivity (Wildman–Crippen MR) is 266 cm³/mol. The lowest BCUT2D eigenvalue weighted by Gasteiger charge is -2.40. The number of rotatable bonds is 2. The van der Waals surface area contributed by atoms with Crippen LogP contribution >= 0.6 is 0 Å². The first-order chi connectivity index (χ1) is 32.2. The molecule has 1 heteroatoms. The first-order valence-corrected chi connectivity index (χ1v) is 22.7. The van der Waals surface area contributed by atoms with Gasteiger partial charge in [0.1, 0.15) is 11.5 Å². The lowest BCUT2D eigenvalue weighted by atomic mass is 9.65. The van der Waals surface area contributed by atoms with Crippen LogP contribution in [0.5, 0.6) is 11.5 Å². The van der Waals surface area contributed by atoms with E-state index >= 15 is 0 Å². The summed E-state index contributed by atoms with van der Waals surface area (Å²) in [5.74, 6) is 1.84. The van der Waals surface area contributed by atoms with Crippen molar-refractivity contribution in [2.24, 2.45) is 0 Å². The highest BCUT2D eigenvalue weighted by Gasteiger charge is 2.53. The molecule has 1 nitrogen and oxygen atoms in total. The number of hydrogen-bond donors (Lipinski definition) is 0. The summed E-state index contributed by atoms with van der Waals surface area (Å²) in [6, 6.07) is 86.3. The van der Waals surface area contributed by atoms with Gasteiger partial charge in [0.25, 0.3) is 0 Å². The molecule has 3 aliphatic carbocycles. The lowest BCUT2D eigenvalue weighted by Crippen LogP contribution is -2.32. The van der Waals surface area contributed by atoms with E-state index in [4.69, 9.17) is 4.74 Å². The van der Waals surface area contributed by atoms with Crippen LogP contribution in [0, 0.1) is 0 Å². The van der Waals surface area contributed by atoms with Crippen molar-refractivity contribution >= 4 is 21.5 Å². The zero-order chi connectivity index (χ0) is 42.4. The standard InChI is InChI=1S/C64H38O/c1-2-17-41-36-59-52(35-40(41)16-1)48-24-8-12-29-56(48)64(59)55-28-11-7-23-47(55)49-33-32-42(37-58(49)64)39-18-15-19-43(34-39)51-38-60-62(50-25-4-3-20-44(50)51)65-61-31-14-13-30-57(61)63(60)53-26-9-5-21-45(53)46-22-6-10-27-54(46)63/h1-38H. The van der Waals surface area contributed by atoms with E-state index in [1.807, 2.05) is 0 Å². The van der Waals surface area contributed by atoms with Crippen molar-refractivity contribution in [3.63, 3.8) is 0 Å². The summed E-state index contributed by atoms with van der Waals surface area (Å²) in [5.41, 5.74) is 22.0. The van der Waals surface area contributed by atoms with E-state index in [0.29, 0.717) is 0 Å². The predicted octanol–water partition coefficient (Wildman–Crippen LogP) is 16.1. The average Bonchev–Trinajstić information content (AvgIpc) is 3.95. The van der Waals surface area contributed by atoms with E-state index in [9.17, 15) is 0 Å². The zero-order valence-electron chi connectivity index (χ0n) is 35.3. The second kappa shape index (κ2) is 12.7. The SMILES string of the molecule is c1cc(-c2ccc3c(c2)C2(c4ccccc4-3)c3ccccc3-c3cc4ccccc4cc32)cc(-c2cc3c(c4ccccc24)Oc2ccccc2C32c3ccccc3-c3ccccc32)c1.